The summed E-state index contributed by atoms with van der Waals surface area (Å²) in [6.45, 7) is 2.66. The van der Waals surface area contributed by atoms with Gasteiger partial charge in [0.25, 0.3) is 0 Å². The highest BCUT2D eigenvalue weighted by molar-refractivity contribution is 6.33. The molecule has 2 N–H and O–H groups in total. The van der Waals surface area contributed by atoms with Crippen molar-refractivity contribution in [2.45, 2.75) is 13.5 Å². The van der Waals surface area contributed by atoms with Crippen LogP contribution in [0.15, 0.2) is 24.4 Å². The van der Waals surface area contributed by atoms with Gasteiger partial charge in [0.05, 0.1) is 24.0 Å². The van der Waals surface area contributed by atoms with Crippen LogP contribution in [0, 0.1) is 6.92 Å². The molecule has 1 heterocycles. The number of rotatable bonds is 4. The van der Waals surface area contributed by atoms with Crippen LogP contribution in [0.2, 0.25) is 5.02 Å². The van der Waals surface area contributed by atoms with E-state index in [9.17, 15) is 0 Å². The van der Waals surface area contributed by atoms with E-state index in [1.165, 1.54) is 0 Å². The molecule has 0 fully saturated rings. The van der Waals surface area contributed by atoms with E-state index < -0.39 is 0 Å². The standard InChI is InChI=1S/C12H14ClN3O/c1-8-9(7-15-16-8)6-14-12-5-10(17-2)3-4-11(12)13/h3-5,7,14H,6H2,1-2H3,(H,15,16). The molecule has 0 bridgehead atoms. The Morgan fingerprint density at radius 3 is 2.94 bits per heavy atom. The maximum atomic E-state index is 6.09. The number of nitrogens with one attached hydrogen (secondary N) is 2. The molecule has 90 valence electrons. The average Bonchev–Trinajstić information content (AvgIpc) is 2.74. The first-order valence-electron chi connectivity index (χ1n) is 5.27. The summed E-state index contributed by atoms with van der Waals surface area (Å²) in [6.07, 6.45) is 1.80. The number of benzene rings is 1. The molecule has 17 heavy (non-hydrogen) atoms. The fourth-order valence-corrected chi connectivity index (χ4v) is 1.70. The number of hydrogen-bond acceptors (Lipinski definition) is 3. The zero-order valence-electron chi connectivity index (χ0n) is 9.75. The van der Waals surface area contributed by atoms with Crippen LogP contribution in [0.25, 0.3) is 0 Å². The first-order valence-corrected chi connectivity index (χ1v) is 5.64. The second-order valence-electron chi connectivity index (χ2n) is 3.72. The predicted molar refractivity (Wildman–Crippen MR) is 68.7 cm³/mol. The normalized spacial score (nSPS) is 10.3. The molecule has 0 saturated heterocycles. The molecule has 2 aromatic rings. The molecule has 0 atom stereocenters. The Labute approximate surface area is 105 Å². The summed E-state index contributed by atoms with van der Waals surface area (Å²) in [4.78, 5) is 0. The van der Waals surface area contributed by atoms with Crippen molar-refractivity contribution < 1.29 is 4.74 Å². The lowest BCUT2D eigenvalue weighted by Gasteiger charge is -2.09. The van der Waals surface area contributed by atoms with Crippen molar-refractivity contribution in [1.82, 2.24) is 10.2 Å². The Kier molecular flexibility index (Phi) is 3.54. The fraction of sp³-hybridized carbons (Fsp3) is 0.250. The molecule has 0 saturated carbocycles. The predicted octanol–water partition coefficient (Wildman–Crippen LogP) is 2.99. The summed E-state index contributed by atoms with van der Waals surface area (Å²) in [7, 11) is 1.63. The van der Waals surface area contributed by atoms with E-state index in [2.05, 4.69) is 15.5 Å². The van der Waals surface area contributed by atoms with Crippen molar-refractivity contribution in [3.8, 4) is 5.75 Å². The van der Waals surface area contributed by atoms with E-state index >= 15 is 0 Å². The second-order valence-corrected chi connectivity index (χ2v) is 4.13. The molecular formula is C12H14ClN3O. The van der Waals surface area contributed by atoms with Crippen LogP contribution in [0.1, 0.15) is 11.3 Å². The second kappa shape index (κ2) is 5.10. The molecule has 4 nitrogen and oxygen atoms in total. The van der Waals surface area contributed by atoms with E-state index in [-0.39, 0.29) is 0 Å². The van der Waals surface area contributed by atoms with Crippen LogP contribution < -0.4 is 10.1 Å². The Morgan fingerprint density at radius 1 is 1.47 bits per heavy atom. The van der Waals surface area contributed by atoms with Crippen LogP contribution in [-0.2, 0) is 6.54 Å². The maximum absolute atomic E-state index is 6.09. The molecule has 0 aliphatic rings. The number of ether oxygens (including phenoxy) is 1. The van der Waals surface area contributed by atoms with Gasteiger partial charge >= 0.3 is 0 Å². The zero-order valence-corrected chi connectivity index (χ0v) is 10.5. The van der Waals surface area contributed by atoms with Crippen molar-refractivity contribution in [2.75, 3.05) is 12.4 Å². The minimum atomic E-state index is 0.673. The minimum Gasteiger partial charge on any atom is -0.497 e. The van der Waals surface area contributed by atoms with Gasteiger partial charge < -0.3 is 10.1 Å². The number of hydrogen-bond donors (Lipinski definition) is 2. The van der Waals surface area contributed by atoms with Gasteiger partial charge in [0, 0.05) is 23.9 Å². The van der Waals surface area contributed by atoms with Gasteiger partial charge in [-0.3, -0.25) is 5.10 Å². The number of halogens is 1. The lowest BCUT2D eigenvalue weighted by molar-refractivity contribution is 0.415. The van der Waals surface area contributed by atoms with Gasteiger partial charge in [-0.05, 0) is 19.1 Å². The first kappa shape index (κ1) is 11.8. The number of aromatic nitrogens is 2. The Hall–Kier alpha value is -1.68. The van der Waals surface area contributed by atoms with Gasteiger partial charge in [0.1, 0.15) is 5.75 Å². The molecule has 0 spiro atoms. The van der Waals surface area contributed by atoms with Crippen LogP contribution in [0.5, 0.6) is 5.75 Å². The van der Waals surface area contributed by atoms with Crippen LogP contribution >= 0.6 is 11.6 Å². The third-order valence-corrected chi connectivity index (χ3v) is 2.91. The molecular weight excluding hydrogens is 238 g/mol. The summed E-state index contributed by atoms with van der Waals surface area (Å²) < 4.78 is 5.15. The highest BCUT2D eigenvalue weighted by Crippen LogP contribution is 2.27. The van der Waals surface area contributed by atoms with Crippen molar-refractivity contribution >= 4 is 17.3 Å². The number of anilines is 1. The Morgan fingerprint density at radius 2 is 2.29 bits per heavy atom. The van der Waals surface area contributed by atoms with Gasteiger partial charge in [-0.2, -0.15) is 5.10 Å². The van der Waals surface area contributed by atoms with E-state index in [0.29, 0.717) is 11.6 Å². The molecule has 0 aliphatic heterocycles. The smallest absolute Gasteiger partial charge is 0.121 e. The summed E-state index contributed by atoms with van der Waals surface area (Å²) >= 11 is 6.09. The van der Waals surface area contributed by atoms with E-state index in [0.717, 1.165) is 22.7 Å². The molecule has 0 unspecified atom stereocenters. The lowest BCUT2D eigenvalue weighted by Crippen LogP contribution is -2.00. The van der Waals surface area contributed by atoms with Gasteiger partial charge in [-0.1, -0.05) is 11.6 Å². The van der Waals surface area contributed by atoms with E-state index in [1.807, 2.05) is 25.1 Å². The largest absolute Gasteiger partial charge is 0.497 e. The number of aryl methyl sites for hydroxylation is 1. The molecule has 0 aliphatic carbocycles. The molecule has 1 aromatic heterocycles. The first-order chi connectivity index (χ1) is 8.20. The van der Waals surface area contributed by atoms with Gasteiger partial charge in [0.2, 0.25) is 0 Å². The average molecular weight is 252 g/mol. The van der Waals surface area contributed by atoms with Crippen molar-refractivity contribution in [3.05, 3.63) is 40.7 Å². The fourth-order valence-electron chi connectivity index (χ4n) is 1.51. The summed E-state index contributed by atoms with van der Waals surface area (Å²) in [6, 6.07) is 5.51. The number of H-pyrrole nitrogens is 1. The molecule has 0 amide bonds. The van der Waals surface area contributed by atoms with Crippen molar-refractivity contribution in [2.24, 2.45) is 0 Å². The van der Waals surface area contributed by atoms with E-state index in [4.69, 9.17) is 16.3 Å². The Balaban J connectivity index is 2.11. The highest BCUT2D eigenvalue weighted by atomic mass is 35.5. The lowest BCUT2D eigenvalue weighted by atomic mass is 10.2. The molecule has 1 aromatic carbocycles. The molecule has 0 radical (unpaired) electrons. The number of nitrogens with zero attached hydrogens (tertiary/aromatic N) is 1. The van der Waals surface area contributed by atoms with Crippen LogP contribution in [-0.4, -0.2) is 17.3 Å². The van der Waals surface area contributed by atoms with Crippen molar-refractivity contribution in [1.29, 1.82) is 0 Å². The monoisotopic (exact) mass is 251 g/mol. The molecule has 5 heteroatoms. The summed E-state index contributed by atoms with van der Waals surface area (Å²) in [5.74, 6) is 0.779. The minimum absolute atomic E-state index is 0.673. The third-order valence-electron chi connectivity index (χ3n) is 2.58. The van der Waals surface area contributed by atoms with Crippen molar-refractivity contribution in [3.63, 3.8) is 0 Å². The summed E-state index contributed by atoms with van der Waals surface area (Å²) in [5, 5.41) is 10.8. The third kappa shape index (κ3) is 2.71. The summed E-state index contributed by atoms with van der Waals surface area (Å²) in [5.41, 5.74) is 3.02. The van der Waals surface area contributed by atoms with E-state index in [1.54, 1.807) is 13.3 Å². The number of methoxy groups -OCH3 is 1. The maximum Gasteiger partial charge on any atom is 0.121 e. The van der Waals surface area contributed by atoms with Crippen LogP contribution in [0.4, 0.5) is 5.69 Å². The topological polar surface area (TPSA) is 49.9 Å². The number of aromatic amines is 1. The SMILES string of the molecule is COc1ccc(Cl)c(NCc2cn[nH]c2C)c1. The van der Waals surface area contributed by atoms with Crippen LogP contribution in [0.3, 0.4) is 0 Å². The Bertz CT molecular complexity index is 510. The van der Waals surface area contributed by atoms with Gasteiger partial charge in [-0.15, -0.1) is 0 Å². The quantitative estimate of drug-likeness (QED) is 0.878. The zero-order chi connectivity index (χ0) is 12.3. The molecule has 2 rings (SSSR count). The highest BCUT2D eigenvalue weighted by Gasteiger charge is 2.04. The van der Waals surface area contributed by atoms with Gasteiger partial charge in [-0.25, -0.2) is 0 Å². The van der Waals surface area contributed by atoms with Gasteiger partial charge in [0.15, 0.2) is 0 Å².